The highest BCUT2D eigenvalue weighted by atomic mass is 16.5. The Kier molecular flexibility index (Phi) is 3.36. The quantitative estimate of drug-likeness (QED) is 0.860. The van der Waals surface area contributed by atoms with Gasteiger partial charge in [0, 0.05) is 36.8 Å². The summed E-state index contributed by atoms with van der Waals surface area (Å²) >= 11 is 0. The predicted molar refractivity (Wildman–Crippen MR) is 80.8 cm³/mol. The first-order valence-corrected chi connectivity index (χ1v) is 8.06. The Morgan fingerprint density at radius 1 is 1.35 bits per heavy atom. The molecule has 7 nitrogen and oxygen atoms in total. The molecule has 0 spiro atoms. The molecule has 0 bridgehead atoms. The maximum absolute atomic E-state index is 12.6. The fourth-order valence-electron chi connectivity index (χ4n) is 3.12. The number of carbonyl (C=O) groups is 1. The van der Waals surface area contributed by atoms with Crippen molar-refractivity contribution in [1.82, 2.24) is 25.0 Å². The van der Waals surface area contributed by atoms with Crippen LogP contribution in [0.15, 0.2) is 23.0 Å². The number of rotatable bonds is 3. The summed E-state index contributed by atoms with van der Waals surface area (Å²) in [6, 6.07) is 1.70. The molecule has 7 heteroatoms. The number of hydrogen-bond acceptors (Lipinski definition) is 6. The van der Waals surface area contributed by atoms with Gasteiger partial charge in [-0.25, -0.2) is 9.97 Å². The molecule has 1 atom stereocenters. The third-order valence-corrected chi connectivity index (χ3v) is 4.65. The molecule has 1 saturated heterocycles. The molecule has 2 aromatic heterocycles. The molecule has 120 valence electrons. The van der Waals surface area contributed by atoms with E-state index in [4.69, 9.17) is 4.52 Å². The van der Waals surface area contributed by atoms with Gasteiger partial charge in [0.25, 0.3) is 5.91 Å². The molecule has 1 unspecified atom stereocenters. The monoisotopic (exact) mass is 313 g/mol. The summed E-state index contributed by atoms with van der Waals surface area (Å²) in [5.41, 5.74) is -0.278. The molecule has 1 saturated carbocycles. The minimum absolute atomic E-state index is 0.137. The summed E-state index contributed by atoms with van der Waals surface area (Å²) in [7, 11) is 0. The highest BCUT2D eigenvalue weighted by Crippen LogP contribution is 2.40. The van der Waals surface area contributed by atoms with E-state index in [1.807, 2.05) is 0 Å². The zero-order valence-electron chi connectivity index (χ0n) is 13.1. The summed E-state index contributed by atoms with van der Waals surface area (Å²) in [6.07, 6.45) is 7.29. The normalized spacial score (nSPS) is 24.7. The van der Waals surface area contributed by atoms with Crippen molar-refractivity contribution in [2.24, 2.45) is 0 Å². The number of amides is 1. The third-order valence-electron chi connectivity index (χ3n) is 4.65. The average molecular weight is 313 g/mol. The van der Waals surface area contributed by atoms with Crippen LogP contribution < -0.4 is 0 Å². The van der Waals surface area contributed by atoms with Crippen LogP contribution in [0.25, 0.3) is 0 Å². The van der Waals surface area contributed by atoms with Gasteiger partial charge < -0.3 is 9.42 Å². The lowest BCUT2D eigenvalue weighted by molar-refractivity contribution is 0.0629. The number of aromatic nitrogens is 4. The predicted octanol–water partition coefficient (Wildman–Crippen LogP) is 1.93. The van der Waals surface area contributed by atoms with Gasteiger partial charge in [-0.15, -0.1) is 0 Å². The Labute approximate surface area is 134 Å². The molecule has 0 N–H and O–H groups in total. The SMILES string of the molecule is CC1(c2noc(C3CC3)n2)CCCN(C(=O)c2ncccn2)C1. The van der Waals surface area contributed by atoms with E-state index < -0.39 is 0 Å². The van der Waals surface area contributed by atoms with Crippen LogP contribution in [0.4, 0.5) is 0 Å². The van der Waals surface area contributed by atoms with Crippen LogP contribution in [-0.2, 0) is 5.41 Å². The van der Waals surface area contributed by atoms with Crippen LogP contribution in [0.5, 0.6) is 0 Å². The van der Waals surface area contributed by atoms with Crippen molar-refractivity contribution in [2.45, 2.75) is 43.9 Å². The number of hydrogen-bond donors (Lipinski definition) is 0. The van der Waals surface area contributed by atoms with Gasteiger partial charge >= 0.3 is 0 Å². The van der Waals surface area contributed by atoms with Crippen molar-refractivity contribution in [2.75, 3.05) is 13.1 Å². The van der Waals surface area contributed by atoms with Gasteiger partial charge in [0.05, 0.1) is 0 Å². The van der Waals surface area contributed by atoms with Crippen molar-refractivity contribution < 1.29 is 9.32 Å². The molecule has 2 fully saturated rings. The maximum Gasteiger partial charge on any atom is 0.291 e. The number of piperidine rings is 1. The van der Waals surface area contributed by atoms with Gasteiger partial charge in [-0.1, -0.05) is 12.1 Å². The van der Waals surface area contributed by atoms with Gasteiger partial charge in [0.2, 0.25) is 11.7 Å². The lowest BCUT2D eigenvalue weighted by Crippen LogP contribution is -2.48. The number of nitrogens with zero attached hydrogens (tertiary/aromatic N) is 5. The second-order valence-electron chi connectivity index (χ2n) is 6.69. The summed E-state index contributed by atoms with van der Waals surface area (Å²) in [5, 5.41) is 4.18. The summed E-state index contributed by atoms with van der Waals surface area (Å²) < 4.78 is 5.40. The summed E-state index contributed by atoms with van der Waals surface area (Å²) in [6.45, 7) is 3.37. The minimum Gasteiger partial charge on any atom is -0.339 e. The molecule has 0 aromatic carbocycles. The molecule has 1 amide bonds. The van der Waals surface area contributed by atoms with Crippen molar-refractivity contribution in [3.05, 3.63) is 36.0 Å². The molecule has 2 aromatic rings. The van der Waals surface area contributed by atoms with Gasteiger partial charge in [-0.05, 0) is 31.7 Å². The molecular formula is C16H19N5O2. The molecule has 1 aliphatic carbocycles. The van der Waals surface area contributed by atoms with E-state index in [9.17, 15) is 4.79 Å². The highest BCUT2D eigenvalue weighted by molar-refractivity contribution is 5.90. The average Bonchev–Trinajstić information content (AvgIpc) is 3.31. The molecular weight excluding hydrogens is 294 g/mol. The van der Waals surface area contributed by atoms with Crippen molar-refractivity contribution >= 4 is 5.91 Å². The van der Waals surface area contributed by atoms with Gasteiger partial charge in [0.15, 0.2) is 5.82 Å². The van der Waals surface area contributed by atoms with Crippen molar-refractivity contribution in [1.29, 1.82) is 0 Å². The van der Waals surface area contributed by atoms with Crippen LogP contribution in [0.3, 0.4) is 0 Å². The first kappa shape index (κ1) is 14.3. The van der Waals surface area contributed by atoms with E-state index in [0.29, 0.717) is 24.8 Å². The van der Waals surface area contributed by atoms with Crippen molar-refractivity contribution in [3.8, 4) is 0 Å². The topological polar surface area (TPSA) is 85.0 Å². The van der Waals surface area contributed by atoms with E-state index in [1.165, 1.54) is 0 Å². The van der Waals surface area contributed by atoms with Crippen LogP contribution in [0, 0.1) is 0 Å². The molecule has 2 aliphatic rings. The highest BCUT2D eigenvalue weighted by Gasteiger charge is 2.40. The molecule has 3 heterocycles. The zero-order valence-corrected chi connectivity index (χ0v) is 13.1. The van der Waals surface area contributed by atoms with E-state index in [2.05, 4.69) is 27.0 Å². The lowest BCUT2D eigenvalue weighted by Gasteiger charge is -2.38. The van der Waals surface area contributed by atoms with Crippen LogP contribution >= 0.6 is 0 Å². The van der Waals surface area contributed by atoms with E-state index >= 15 is 0 Å². The second-order valence-corrected chi connectivity index (χ2v) is 6.69. The first-order chi connectivity index (χ1) is 11.2. The fraction of sp³-hybridized carbons (Fsp3) is 0.562. The molecule has 4 rings (SSSR count). The molecule has 0 radical (unpaired) electrons. The smallest absolute Gasteiger partial charge is 0.291 e. The van der Waals surface area contributed by atoms with Gasteiger partial charge in [0.1, 0.15) is 0 Å². The van der Waals surface area contributed by atoms with E-state index in [-0.39, 0.29) is 17.1 Å². The lowest BCUT2D eigenvalue weighted by atomic mass is 9.81. The summed E-state index contributed by atoms with van der Waals surface area (Å²) in [5.74, 6) is 2.01. The fourth-order valence-corrected chi connectivity index (χ4v) is 3.12. The first-order valence-electron chi connectivity index (χ1n) is 8.06. The van der Waals surface area contributed by atoms with Crippen LogP contribution in [-0.4, -0.2) is 44.0 Å². The molecule has 1 aliphatic heterocycles. The Bertz CT molecular complexity index is 712. The van der Waals surface area contributed by atoms with E-state index in [1.54, 1.807) is 23.4 Å². The Balaban J connectivity index is 1.54. The van der Waals surface area contributed by atoms with Crippen LogP contribution in [0.2, 0.25) is 0 Å². The van der Waals surface area contributed by atoms with Gasteiger partial charge in [-0.2, -0.15) is 4.98 Å². The van der Waals surface area contributed by atoms with Crippen molar-refractivity contribution in [3.63, 3.8) is 0 Å². The maximum atomic E-state index is 12.6. The zero-order chi connectivity index (χ0) is 15.9. The minimum atomic E-state index is -0.278. The van der Waals surface area contributed by atoms with Crippen LogP contribution in [0.1, 0.15) is 60.9 Å². The third kappa shape index (κ3) is 2.71. The second kappa shape index (κ2) is 5.40. The Hall–Kier alpha value is -2.31. The largest absolute Gasteiger partial charge is 0.339 e. The Morgan fingerprint density at radius 3 is 2.87 bits per heavy atom. The standard InChI is InChI=1S/C16H19N5O2/c1-16(15-19-13(23-20-15)11-4-5-11)6-2-9-21(10-16)14(22)12-17-7-3-8-18-12/h3,7-8,11H,2,4-6,9-10H2,1H3. The molecule has 23 heavy (non-hydrogen) atoms. The summed E-state index contributed by atoms with van der Waals surface area (Å²) in [4.78, 5) is 27.1. The number of likely N-dealkylation sites (tertiary alicyclic amines) is 1. The Morgan fingerprint density at radius 2 is 2.13 bits per heavy atom. The number of carbonyl (C=O) groups excluding carboxylic acids is 1. The van der Waals surface area contributed by atoms with E-state index in [0.717, 1.165) is 31.6 Å². The van der Waals surface area contributed by atoms with Gasteiger partial charge in [-0.3, -0.25) is 4.79 Å².